The SMILES string of the molecule is O=C(Nc1cccc(-n2cnnn2)c1)C1CC2CCC1N2. The number of fused-ring (bicyclic) bond motifs is 2. The molecule has 0 spiro atoms. The van der Waals surface area contributed by atoms with Crippen molar-refractivity contribution in [1.29, 1.82) is 0 Å². The van der Waals surface area contributed by atoms with Gasteiger partial charge in [0, 0.05) is 17.8 Å². The number of nitrogens with one attached hydrogen (secondary N) is 2. The maximum Gasteiger partial charge on any atom is 0.229 e. The van der Waals surface area contributed by atoms with Crippen LogP contribution >= 0.6 is 0 Å². The van der Waals surface area contributed by atoms with E-state index in [4.69, 9.17) is 0 Å². The molecule has 0 radical (unpaired) electrons. The molecular formula is C14H16N6O. The first-order chi connectivity index (χ1) is 10.3. The molecule has 7 nitrogen and oxygen atoms in total. The molecule has 7 heteroatoms. The van der Waals surface area contributed by atoms with Crippen LogP contribution in [0.15, 0.2) is 30.6 Å². The molecule has 2 bridgehead atoms. The van der Waals surface area contributed by atoms with Gasteiger partial charge >= 0.3 is 0 Å². The molecule has 108 valence electrons. The molecule has 1 aromatic heterocycles. The predicted octanol–water partition coefficient (Wildman–Crippen LogP) is 0.741. The maximum atomic E-state index is 12.4. The van der Waals surface area contributed by atoms with Gasteiger partial charge in [-0.1, -0.05) is 6.07 Å². The number of rotatable bonds is 3. The fraction of sp³-hybridized carbons (Fsp3) is 0.429. The van der Waals surface area contributed by atoms with Crippen LogP contribution in [0, 0.1) is 5.92 Å². The van der Waals surface area contributed by atoms with Crippen molar-refractivity contribution in [2.24, 2.45) is 5.92 Å². The van der Waals surface area contributed by atoms with Crippen molar-refractivity contribution < 1.29 is 4.79 Å². The van der Waals surface area contributed by atoms with E-state index in [2.05, 4.69) is 26.2 Å². The van der Waals surface area contributed by atoms with Crippen molar-refractivity contribution in [3.05, 3.63) is 30.6 Å². The monoisotopic (exact) mass is 284 g/mol. The number of hydrogen-bond acceptors (Lipinski definition) is 5. The van der Waals surface area contributed by atoms with Crippen molar-refractivity contribution in [3.8, 4) is 5.69 Å². The average molecular weight is 284 g/mol. The van der Waals surface area contributed by atoms with Gasteiger partial charge in [-0.15, -0.1) is 5.10 Å². The molecule has 1 amide bonds. The lowest BCUT2D eigenvalue weighted by atomic mass is 9.88. The second-order valence-corrected chi connectivity index (χ2v) is 5.68. The van der Waals surface area contributed by atoms with Crippen molar-refractivity contribution in [2.45, 2.75) is 31.3 Å². The van der Waals surface area contributed by atoms with Crippen LogP contribution in [0.2, 0.25) is 0 Å². The van der Waals surface area contributed by atoms with Crippen LogP contribution in [0.4, 0.5) is 5.69 Å². The van der Waals surface area contributed by atoms with Gasteiger partial charge in [-0.3, -0.25) is 4.79 Å². The molecule has 2 aromatic rings. The van der Waals surface area contributed by atoms with Crippen LogP contribution in [0.25, 0.3) is 5.69 Å². The molecule has 2 aliphatic rings. The number of tetrazole rings is 1. The number of amides is 1. The first-order valence-electron chi connectivity index (χ1n) is 7.20. The highest BCUT2D eigenvalue weighted by atomic mass is 16.2. The molecule has 2 fully saturated rings. The zero-order chi connectivity index (χ0) is 14.2. The van der Waals surface area contributed by atoms with E-state index in [1.807, 2.05) is 24.3 Å². The lowest BCUT2D eigenvalue weighted by Crippen LogP contribution is -2.32. The summed E-state index contributed by atoms with van der Waals surface area (Å²) in [6.45, 7) is 0. The Kier molecular flexibility index (Phi) is 2.92. The summed E-state index contributed by atoms with van der Waals surface area (Å²) in [5.41, 5.74) is 1.60. The molecule has 2 aliphatic heterocycles. The van der Waals surface area contributed by atoms with E-state index in [1.54, 1.807) is 4.68 Å². The topological polar surface area (TPSA) is 84.7 Å². The van der Waals surface area contributed by atoms with Gasteiger partial charge in [-0.2, -0.15) is 0 Å². The number of anilines is 1. The van der Waals surface area contributed by atoms with E-state index in [9.17, 15) is 4.79 Å². The number of aromatic nitrogens is 4. The Hall–Kier alpha value is -2.28. The van der Waals surface area contributed by atoms with Gasteiger partial charge in [0.05, 0.1) is 11.6 Å². The van der Waals surface area contributed by atoms with Gasteiger partial charge in [0.25, 0.3) is 0 Å². The zero-order valence-corrected chi connectivity index (χ0v) is 11.4. The number of hydrogen-bond donors (Lipinski definition) is 2. The molecule has 1 aromatic carbocycles. The second-order valence-electron chi connectivity index (χ2n) is 5.68. The Bertz CT molecular complexity index is 655. The molecule has 3 atom stereocenters. The Balaban J connectivity index is 1.50. The van der Waals surface area contributed by atoms with E-state index < -0.39 is 0 Å². The third-order valence-electron chi connectivity index (χ3n) is 4.36. The highest BCUT2D eigenvalue weighted by Gasteiger charge is 2.42. The summed E-state index contributed by atoms with van der Waals surface area (Å²) in [7, 11) is 0. The quantitative estimate of drug-likeness (QED) is 0.868. The lowest BCUT2D eigenvalue weighted by Gasteiger charge is -2.19. The van der Waals surface area contributed by atoms with Crippen LogP contribution in [0.3, 0.4) is 0 Å². The molecule has 21 heavy (non-hydrogen) atoms. The molecule has 2 N–H and O–H groups in total. The van der Waals surface area contributed by atoms with Gasteiger partial charge < -0.3 is 10.6 Å². The van der Waals surface area contributed by atoms with Crippen molar-refractivity contribution in [3.63, 3.8) is 0 Å². The molecule has 2 saturated heterocycles. The fourth-order valence-electron chi connectivity index (χ4n) is 3.35. The van der Waals surface area contributed by atoms with Gasteiger partial charge in [0.1, 0.15) is 6.33 Å². The summed E-state index contributed by atoms with van der Waals surface area (Å²) in [6.07, 6.45) is 4.78. The van der Waals surface area contributed by atoms with E-state index in [0.717, 1.165) is 24.2 Å². The van der Waals surface area contributed by atoms with Crippen LogP contribution in [0.5, 0.6) is 0 Å². The van der Waals surface area contributed by atoms with Crippen molar-refractivity contribution in [2.75, 3.05) is 5.32 Å². The Morgan fingerprint density at radius 2 is 2.33 bits per heavy atom. The van der Waals surface area contributed by atoms with Gasteiger partial charge in [0.15, 0.2) is 0 Å². The molecule has 3 heterocycles. The van der Waals surface area contributed by atoms with Gasteiger partial charge in [0.2, 0.25) is 5.91 Å². The largest absolute Gasteiger partial charge is 0.326 e. The molecule has 4 rings (SSSR count). The summed E-state index contributed by atoms with van der Waals surface area (Å²) < 4.78 is 1.56. The summed E-state index contributed by atoms with van der Waals surface area (Å²) in [6, 6.07) is 8.40. The second kappa shape index (κ2) is 4.92. The minimum Gasteiger partial charge on any atom is -0.326 e. The number of carbonyl (C=O) groups is 1. The summed E-state index contributed by atoms with van der Waals surface area (Å²) in [5, 5.41) is 17.6. The first kappa shape index (κ1) is 12.5. The lowest BCUT2D eigenvalue weighted by molar-refractivity contribution is -0.120. The summed E-state index contributed by atoms with van der Waals surface area (Å²) in [5.74, 6) is 0.184. The highest BCUT2D eigenvalue weighted by Crippen LogP contribution is 2.33. The minimum atomic E-state index is 0.0837. The van der Waals surface area contributed by atoms with E-state index in [-0.39, 0.29) is 11.8 Å². The average Bonchev–Trinajstić information content (AvgIpc) is 3.24. The Morgan fingerprint density at radius 3 is 3.05 bits per heavy atom. The molecule has 0 aliphatic carbocycles. The first-order valence-corrected chi connectivity index (χ1v) is 7.20. The molecule has 0 saturated carbocycles. The minimum absolute atomic E-state index is 0.0837. The Labute approximate surface area is 121 Å². The van der Waals surface area contributed by atoms with Crippen molar-refractivity contribution in [1.82, 2.24) is 25.5 Å². The maximum absolute atomic E-state index is 12.4. The highest BCUT2D eigenvalue weighted by molar-refractivity contribution is 5.93. The smallest absolute Gasteiger partial charge is 0.229 e. The standard InChI is InChI=1S/C14H16N6O/c21-14(12-7-10-4-5-13(12)16-10)17-9-2-1-3-11(6-9)20-8-15-18-19-20/h1-3,6,8,10,12-13,16H,4-5,7H2,(H,17,21). The third-order valence-corrected chi connectivity index (χ3v) is 4.36. The summed E-state index contributed by atoms with van der Waals surface area (Å²) in [4.78, 5) is 12.4. The van der Waals surface area contributed by atoms with Crippen molar-refractivity contribution >= 4 is 11.6 Å². The number of carbonyl (C=O) groups excluding carboxylic acids is 1. The Morgan fingerprint density at radius 1 is 1.38 bits per heavy atom. The fourth-order valence-corrected chi connectivity index (χ4v) is 3.35. The normalized spacial score (nSPS) is 27.0. The van der Waals surface area contributed by atoms with Crippen LogP contribution in [-0.4, -0.2) is 38.2 Å². The molecule has 3 unspecified atom stereocenters. The van der Waals surface area contributed by atoms with Crippen LogP contribution in [-0.2, 0) is 4.79 Å². The summed E-state index contributed by atoms with van der Waals surface area (Å²) >= 11 is 0. The predicted molar refractivity (Wildman–Crippen MR) is 75.8 cm³/mol. The number of benzene rings is 1. The van der Waals surface area contributed by atoms with E-state index in [0.29, 0.717) is 12.1 Å². The molecular weight excluding hydrogens is 268 g/mol. The third kappa shape index (κ3) is 2.29. The van der Waals surface area contributed by atoms with Crippen LogP contribution < -0.4 is 10.6 Å². The van der Waals surface area contributed by atoms with Crippen LogP contribution in [0.1, 0.15) is 19.3 Å². The van der Waals surface area contributed by atoms with Gasteiger partial charge in [-0.25, -0.2) is 4.68 Å². The van der Waals surface area contributed by atoms with E-state index >= 15 is 0 Å². The zero-order valence-electron chi connectivity index (χ0n) is 11.4. The number of nitrogens with zero attached hydrogens (tertiary/aromatic N) is 4. The van der Waals surface area contributed by atoms with E-state index in [1.165, 1.54) is 12.7 Å². The van der Waals surface area contributed by atoms with Gasteiger partial charge in [-0.05, 0) is 47.9 Å².